The molecule has 0 saturated carbocycles. The average Bonchev–Trinajstić information content (AvgIpc) is 2.14. The molecule has 0 amide bonds. The number of nitriles is 1. The molecule has 1 heterocycles. The lowest BCUT2D eigenvalue weighted by molar-refractivity contribution is 0.356. The molecule has 8 heavy (non-hydrogen) atoms. The predicted octanol–water partition coefficient (Wildman–Crippen LogP) is -0.109. The fourth-order valence-electron chi connectivity index (χ4n) is 0.490. The molecule has 1 unspecified atom stereocenters. The van der Waals surface area contributed by atoms with Gasteiger partial charge in [-0.15, -0.1) is 0 Å². The third-order valence-electron chi connectivity index (χ3n) is 0.968. The van der Waals surface area contributed by atoms with Crippen LogP contribution in [-0.2, 0) is 0 Å². The van der Waals surface area contributed by atoms with Crippen molar-refractivity contribution >= 4 is 6.21 Å². The summed E-state index contributed by atoms with van der Waals surface area (Å²) >= 11 is 0. The SMILES string of the molecule is CN1N=C[C]C1C#N. The van der Waals surface area contributed by atoms with Gasteiger partial charge in [-0.05, 0) is 0 Å². The smallest absolute Gasteiger partial charge is 0.146 e. The van der Waals surface area contributed by atoms with Gasteiger partial charge in [0.15, 0.2) is 0 Å². The van der Waals surface area contributed by atoms with Gasteiger partial charge >= 0.3 is 0 Å². The minimum Gasteiger partial charge on any atom is -0.282 e. The van der Waals surface area contributed by atoms with Crippen LogP contribution < -0.4 is 0 Å². The van der Waals surface area contributed by atoms with Crippen LogP contribution in [0.1, 0.15) is 0 Å². The first-order valence-corrected chi connectivity index (χ1v) is 2.25. The van der Waals surface area contributed by atoms with E-state index in [1.165, 1.54) is 6.21 Å². The van der Waals surface area contributed by atoms with E-state index in [2.05, 4.69) is 11.5 Å². The van der Waals surface area contributed by atoms with Gasteiger partial charge in [0, 0.05) is 13.3 Å². The molecule has 0 aliphatic carbocycles. The van der Waals surface area contributed by atoms with Crippen molar-refractivity contribution in [2.24, 2.45) is 5.10 Å². The van der Waals surface area contributed by atoms with Crippen LogP contribution in [0.5, 0.6) is 0 Å². The summed E-state index contributed by atoms with van der Waals surface area (Å²) in [4.78, 5) is 0. The van der Waals surface area contributed by atoms with E-state index in [9.17, 15) is 0 Å². The zero-order valence-corrected chi connectivity index (χ0v) is 4.50. The third kappa shape index (κ3) is 0.648. The van der Waals surface area contributed by atoms with E-state index in [-0.39, 0.29) is 6.04 Å². The number of rotatable bonds is 0. The largest absolute Gasteiger partial charge is 0.282 e. The lowest BCUT2D eigenvalue weighted by Gasteiger charge is -2.08. The number of hydrogen-bond acceptors (Lipinski definition) is 3. The van der Waals surface area contributed by atoms with E-state index in [1.807, 2.05) is 6.07 Å². The van der Waals surface area contributed by atoms with Crippen LogP contribution in [0, 0.1) is 17.8 Å². The van der Waals surface area contributed by atoms with Crippen molar-refractivity contribution in [1.82, 2.24) is 5.01 Å². The molecule has 3 nitrogen and oxygen atoms in total. The summed E-state index contributed by atoms with van der Waals surface area (Å²) in [7, 11) is 1.74. The van der Waals surface area contributed by atoms with Gasteiger partial charge < -0.3 is 0 Å². The monoisotopic (exact) mass is 107 g/mol. The van der Waals surface area contributed by atoms with Gasteiger partial charge in [-0.1, -0.05) is 0 Å². The molecule has 40 valence electrons. The summed E-state index contributed by atoms with van der Waals surface area (Å²) in [6.45, 7) is 0. The summed E-state index contributed by atoms with van der Waals surface area (Å²) in [6.07, 6.45) is 4.24. The Morgan fingerprint density at radius 2 is 2.75 bits per heavy atom. The van der Waals surface area contributed by atoms with Crippen molar-refractivity contribution in [3.05, 3.63) is 6.42 Å². The number of nitrogens with zero attached hydrogens (tertiary/aromatic N) is 3. The first kappa shape index (κ1) is 5.10. The topological polar surface area (TPSA) is 39.4 Å². The third-order valence-corrected chi connectivity index (χ3v) is 0.968. The zero-order valence-electron chi connectivity index (χ0n) is 4.50. The van der Waals surface area contributed by atoms with Gasteiger partial charge in [-0.25, -0.2) is 0 Å². The molecule has 0 aromatic rings. The quantitative estimate of drug-likeness (QED) is 0.433. The minimum absolute atomic E-state index is 0.269. The summed E-state index contributed by atoms with van der Waals surface area (Å²) in [5.74, 6) is 0. The first-order chi connectivity index (χ1) is 3.84. The summed E-state index contributed by atoms with van der Waals surface area (Å²) in [6, 6.07) is 1.73. The maximum Gasteiger partial charge on any atom is 0.146 e. The molecule has 0 spiro atoms. The van der Waals surface area contributed by atoms with E-state index in [4.69, 9.17) is 5.26 Å². The highest BCUT2D eigenvalue weighted by molar-refractivity contribution is 5.71. The maximum absolute atomic E-state index is 8.30. The molecule has 0 aromatic heterocycles. The molecule has 1 aliphatic rings. The van der Waals surface area contributed by atoms with Crippen LogP contribution in [0.2, 0.25) is 0 Å². The van der Waals surface area contributed by atoms with Crippen molar-refractivity contribution in [2.75, 3.05) is 7.05 Å². The minimum atomic E-state index is -0.269. The van der Waals surface area contributed by atoms with Crippen molar-refractivity contribution in [3.63, 3.8) is 0 Å². The fraction of sp³-hybridized carbons (Fsp3) is 0.400. The molecule has 0 saturated heterocycles. The molecule has 3 heteroatoms. The fourth-order valence-corrected chi connectivity index (χ4v) is 0.490. The van der Waals surface area contributed by atoms with Crippen LogP contribution >= 0.6 is 0 Å². The van der Waals surface area contributed by atoms with Crippen LogP contribution in [-0.4, -0.2) is 24.3 Å². The predicted molar refractivity (Wildman–Crippen MR) is 28.9 cm³/mol. The van der Waals surface area contributed by atoms with Gasteiger partial charge in [-0.2, -0.15) is 10.4 Å². The van der Waals surface area contributed by atoms with E-state index < -0.39 is 0 Å². The Bertz CT molecular complexity index is 144. The van der Waals surface area contributed by atoms with E-state index in [0.29, 0.717) is 0 Å². The molecule has 2 radical (unpaired) electrons. The van der Waals surface area contributed by atoms with E-state index in [1.54, 1.807) is 12.1 Å². The Morgan fingerprint density at radius 1 is 2.00 bits per heavy atom. The van der Waals surface area contributed by atoms with Gasteiger partial charge in [0.2, 0.25) is 0 Å². The zero-order chi connectivity index (χ0) is 5.98. The highest BCUT2D eigenvalue weighted by Gasteiger charge is 2.15. The van der Waals surface area contributed by atoms with Crippen molar-refractivity contribution in [3.8, 4) is 6.07 Å². The van der Waals surface area contributed by atoms with Crippen molar-refractivity contribution in [1.29, 1.82) is 5.26 Å². The molecule has 1 aliphatic heterocycles. The van der Waals surface area contributed by atoms with Gasteiger partial charge in [-0.3, -0.25) is 5.01 Å². The highest BCUT2D eigenvalue weighted by atomic mass is 15.5. The molecule has 0 fully saturated rings. The molecule has 0 N–H and O–H groups in total. The second kappa shape index (κ2) is 1.83. The molecule has 0 aromatic carbocycles. The Kier molecular flexibility index (Phi) is 1.17. The lowest BCUT2D eigenvalue weighted by Crippen LogP contribution is -2.19. The second-order valence-corrected chi connectivity index (χ2v) is 1.52. The molecule has 0 bridgehead atoms. The summed E-state index contributed by atoms with van der Waals surface area (Å²) < 4.78 is 0. The van der Waals surface area contributed by atoms with Crippen molar-refractivity contribution in [2.45, 2.75) is 6.04 Å². The molecule has 1 rings (SSSR count). The number of hydrogen-bond donors (Lipinski definition) is 0. The Hall–Kier alpha value is -1.04. The van der Waals surface area contributed by atoms with E-state index >= 15 is 0 Å². The second-order valence-electron chi connectivity index (χ2n) is 1.52. The van der Waals surface area contributed by atoms with Gasteiger partial charge in [0.25, 0.3) is 0 Å². The van der Waals surface area contributed by atoms with Gasteiger partial charge in [0.05, 0.1) is 12.5 Å². The summed E-state index contributed by atoms with van der Waals surface area (Å²) in [5, 5.41) is 13.6. The van der Waals surface area contributed by atoms with Crippen LogP contribution in [0.25, 0.3) is 0 Å². The Balaban J connectivity index is 2.54. The highest BCUT2D eigenvalue weighted by Crippen LogP contribution is 2.03. The Labute approximate surface area is 48.2 Å². The normalized spacial score (nSPS) is 26.0. The average molecular weight is 107 g/mol. The standard InChI is InChI=1S/C5H5N3/c1-8-5(4-6)2-3-7-8/h3,5H,1H3. The molecular formula is C5H5N3. The van der Waals surface area contributed by atoms with Gasteiger partial charge in [0.1, 0.15) is 6.04 Å². The number of hydrazone groups is 1. The maximum atomic E-state index is 8.30. The van der Waals surface area contributed by atoms with Crippen LogP contribution in [0.15, 0.2) is 5.10 Å². The lowest BCUT2D eigenvalue weighted by atomic mass is 10.3. The van der Waals surface area contributed by atoms with Crippen LogP contribution in [0.4, 0.5) is 0 Å². The Morgan fingerprint density at radius 3 is 3.00 bits per heavy atom. The molecule has 1 atom stereocenters. The molecular weight excluding hydrogens is 102 g/mol. The summed E-state index contributed by atoms with van der Waals surface area (Å²) in [5.41, 5.74) is 0. The first-order valence-electron chi connectivity index (χ1n) is 2.25. The van der Waals surface area contributed by atoms with E-state index in [0.717, 1.165) is 0 Å². The van der Waals surface area contributed by atoms with Crippen LogP contribution in [0.3, 0.4) is 0 Å². The van der Waals surface area contributed by atoms with Crippen molar-refractivity contribution < 1.29 is 0 Å².